The van der Waals surface area contributed by atoms with Gasteiger partial charge in [0.05, 0.1) is 37.0 Å². The highest BCUT2D eigenvalue weighted by molar-refractivity contribution is 7.99. The number of esters is 1. The van der Waals surface area contributed by atoms with Crippen molar-refractivity contribution in [3.05, 3.63) is 46.1 Å². The Hall–Kier alpha value is -1.70. The molecule has 2 aliphatic heterocycles. The lowest BCUT2D eigenvalue weighted by atomic mass is 9.95. The van der Waals surface area contributed by atoms with E-state index in [4.69, 9.17) is 16.3 Å². The molecule has 0 unspecified atom stereocenters. The van der Waals surface area contributed by atoms with Gasteiger partial charge in [0.25, 0.3) is 0 Å². The average molecular weight is 397 g/mol. The minimum absolute atomic E-state index is 0.282. The molecule has 0 radical (unpaired) electrons. The summed E-state index contributed by atoms with van der Waals surface area (Å²) in [4.78, 5) is 26.3. The molecule has 6 nitrogen and oxygen atoms in total. The Morgan fingerprint density at radius 3 is 2.65 bits per heavy atom. The molecule has 2 heterocycles. The maximum atomic E-state index is 12.7. The van der Waals surface area contributed by atoms with Gasteiger partial charge >= 0.3 is 12.0 Å². The first-order chi connectivity index (χ1) is 12.6. The first-order valence-electron chi connectivity index (χ1n) is 8.73. The summed E-state index contributed by atoms with van der Waals surface area (Å²) in [6.45, 7) is 4.69. The van der Waals surface area contributed by atoms with Crippen LogP contribution in [0, 0.1) is 0 Å². The number of hydrogen-bond acceptors (Lipinski definition) is 4. The molecule has 1 aromatic rings. The van der Waals surface area contributed by atoms with Crippen molar-refractivity contribution in [2.45, 2.75) is 13.0 Å². The third-order valence-corrected chi connectivity index (χ3v) is 5.72. The number of rotatable bonds is 5. The lowest BCUT2D eigenvalue weighted by molar-refractivity contribution is -0.891. The van der Waals surface area contributed by atoms with Crippen LogP contribution in [0.25, 0.3) is 0 Å². The summed E-state index contributed by atoms with van der Waals surface area (Å²) >= 11 is 7.91. The topological polar surface area (TPSA) is 71.9 Å². The minimum Gasteiger partial charge on any atom is -0.463 e. The minimum atomic E-state index is -0.548. The summed E-state index contributed by atoms with van der Waals surface area (Å²) in [5.41, 5.74) is 1.92. The Balaban J connectivity index is 1.96. The molecule has 1 aromatic carbocycles. The van der Waals surface area contributed by atoms with E-state index < -0.39 is 12.0 Å². The molecule has 3 N–H and O–H groups in total. The molecule has 2 aliphatic rings. The molecule has 0 aromatic heterocycles. The molecular weight excluding hydrogens is 374 g/mol. The molecule has 1 saturated heterocycles. The van der Waals surface area contributed by atoms with Gasteiger partial charge < -0.3 is 20.3 Å². The summed E-state index contributed by atoms with van der Waals surface area (Å²) in [5, 5.41) is 6.29. The smallest absolute Gasteiger partial charge is 0.338 e. The largest absolute Gasteiger partial charge is 0.463 e. The molecule has 0 aliphatic carbocycles. The number of benzene rings is 1. The Morgan fingerprint density at radius 1 is 1.31 bits per heavy atom. The van der Waals surface area contributed by atoms with Crippen molar-refractivity contribution in [3.63, 3.8) is 0 Å². The molecule has 140 valence electrons. The second kappa shape index (κ2) is 8.79. The van der Waals surface area contributed by atoms with Crippen LogP contribution in [0.4, 0.5) is 4.79 Å². The average Bonchev–Trinajstić information content (AvgIpc) is 2.63. The van der Waals surface area contributed by atoms with E-state index in [-0.39, 0.29) is 12.6 Å². The van der Waals surface area contributed by atoms with Gasteiger partial charge in [-0.25, -0.2) is 9.59 Å². The monoisotopic (exact) mass is 396 g/mol. The number of halogens is 1. The van der Waals surface area contributed by atoms with Gasteiger partial charge in [-0.3, -0.25) is 0 Å². The number of amides is 2. The summed E-state index contributed by atoms with van der Waals surface area (Å²) in [7, 11) is 0. The normalized spacial score (nSPS) is 21.2. The number of urea groups is 1. The molecule has 1 fully saturated rings. The van der Waals surface area contributed by atoms with Crippen LogP contribution >= 0.6 is 23.4 Å². The molecule has 0 bridgehead atoms. The Kier molecular flexibility index (Phi) is 6.45. The fourth-order valence-corrected chi connectivity index (χ4v) is 4.40. The lowest BCUT2D eigenvalue weighted by Gasteiger charge is -2.31. The SMILES string of the molecule is CCOC(=O)C1=C(C[NH+]2CCSCC2)NC(=O)N[C@H]1c1ccc(Cl)cc1. The molecule has 3 rings (SSSR count). The van der Waals surface area contributed by atoms with Crippen molar-refractivity contribution < 1.29 is 19.2 Å². The molecular formula is C18H23ClN3O3S+. The molecule has 2 amide bonds. The second-order valence-electron chi connectivity index (χ2n) is 6.23. The Morgan fingerprint density at radius 2 is 2.00 bits per heavy atom. The highest BCUT2D eigenvalue weighted by Gasteiger charge is 2.35. The van der Waals surface area contributed by atoms with Gasteiger partial charge in [0.15, 0.2) is 0 Å². The zero-order valence-corrected chi connectivity index (χ0v) is 16.2. The van der Waals surface area contributed by atoms with Crippen molar-refractivity contribution in [1.29, 1.82) is 0 Å². The highest BCUT2D eigenvalue weighted by atomic mass is 35.5. The summed E-state index contributed by atoms with van der Waals surface area (Å²) < 4.78 is 5.28. The first kappa shape index (κ1) is 19.1. The van der Waals surface area contributed by atoms with Gasteiger partial charge in [-0.2, -0.15) is 11.8 Å². The third kappa shape index (κ3) is 4.52. The standard InChI is InChI=1S/C18H22ClN3O3S/c1-2-25-17(23)15-14(11-22-7-9-26-10-8-22)20-18(24)21-16(15)12-3-5-13(19)6-4-12/h3-6,16H,2,7-11H2,1H3,(H2,20,21,24)/p+1/t16-/m0/s1. The van der Waals surface area contributed by atoms with Crippen molar-refractivity contribution in [1.82, 2.24) is 10.6 Å². The molecule has 1 atom stereocenters. The second-order valence-corrected chi connectivity index (χ2v) is 7.90. The number of hydrogen-bond donors (Lipinski definition) is 3. The van der Waals surface area contributed by atoms with Crippen molar-refractivity contribution >= 4 is 35.4 Å². The van der Waals surface area contributed by atoms with E-state index in [9.17, 15) is 9.59 Å². The summed E-state index contributed by atoms with van der Waals surface area (Å²) in [5.74, 6) is 1.77. The van der Waals surface area contributed by atoms with E-state index >= 15 is 0 Å². The van der Waals surface area contributed by atoms with Crippen LogP contribution in [0.3, 0.4) is 0 Å². The summed E-state index contributed by atoms with van der Waals surface area (Å²) in [6.07, 6.45) is 0. The van der Waals surface area contributed by atoms with E-state index in [1.807, 2.05) is 23.9 Å². The zero-order valence-electron chi connectivity index (χ0n) is 14.6. The fourth-order valence-electron chi connectivity index (χ4n) is 3.20. The lowest BCUT2D eigenvalue weighted by Crippen LogP contribution is -3.14. The quantitative estimate of drug-likeness (QED) is 0.653. The van der Waals surface area contributed by atoms with Crippen LogP contribution in [0.2, 0.25) is 5.02 Å². The predicted octanol–water partition coefficient (Wildman–Crippen LogP) is 1.14. The number of carbonyl (C=O) groups excluding carboxylic acids is 2. The number of ether oxygens (including phenoxy) is 1. The van der Waals surface area contributed by atoms with Crippen LogP contribution in [0.1, 0.15) is 18.5 Å². The van der Waals surface area contributed by atoms with Gasteiger partial charge in [-0.05, 0) is 24.6 Å². The summed E-state index contributed by atoms with van der Waals surface area (Å²) in [6, 6.07) is 6.29. The van der Waals surface area contributed by atoms with Crippen LogP contribution in [-0.2, 0) is 9.53 Å². The molecule has 8 heteroatoms. The van der Waals surface area contributed by atoms with Crippen LogP contribution in [0.15, 0.2) is 35.5 Å². The van der Waals surface area contributed by atoms with Gasteiger partial charge in [0.2, 0.25) is 0 Å². The van der Waals surface area contributed by atoms with Crippen LogP contribution in [0.5, 0.6) is 0 Å². The predicted molar refractivity (Wildman–Crippen MR) is 102 cm³/mol. The number of nitrogens with one attached hydrogen (secondary N) is 3. The maximum Gasteiger partial charge on any atom is 0.338 e. The highest BCUT2D eigenvalue weighted by Crippen LogP contribution is 2.28. The van der Waals surface area contributed by atoms with Crippen LogP contribution < -0.4 is 15.5 Å². The van der Waals surface area contributed by atoms with E-state index in [2.05, 4.69) is 10.6 Å². The molecule has 0 spiro atoms. The first-order valence-corrected chi connectivity index (χ1v) is 10.3. The Labute approximate surface area is 162 Å². The van der Waals surface area contributed by atoms with Crippen molar-refractivity contribution in [2.24, 2.45) is 0 Å². The van der Waals surface area contributed by atoms with Crippen molar-refractivity contribution in [2.75, 3.05) is 37.7 Å². The molecule has 0 saturated carbocycles. The van der Waals surface area contributed by atoms with E-state index in [1.54, 1.807) is 19.1 Å². The van der Waals surface area contributed by atoms with Gasteiger partial charge in [0.1, 0.15) is 6.54 Å². The number of carbonyl (C=O) groups is 2. The van der Waals surface area contributed by atoms with E-state index in [0.29, 0.717) is 22.8 Å². The third-order valence-electron chi connectivity index (χ3n) is 4.48. The van der Waals surface area contributed by atoms with Crippen LogP contribution in [-0.4, -0.2) is 49.7 Å². The fraction of sp³-hybridized carbons (Fsp3) is 0.444. The van der Waals surface area contributed by atoms with Gasteiger partial charge in [0, 0.05) is 16.5 Å². The van der Waals surface area contributed by atoms with Crippen molar-refractivity contribution in [3.8, 4) is 0 Å². The van der Waals surface area contributed by atoms with E-state index in [1.165, 1.54) is 4.90 Å². The number of thioether (sulfide) groups is 1. The van der Waals surface area contributed by atoms with Gasteiger partial charge in [-0.15, -0.1) is 0 Å². The van der Waals surface area contributed by atoms with E-state index in [0.717, 1.165) is 30.2 Å². The van der Waals surface area contributed by atoms with Gasteiger partial charge in [-0.1, -0.05) is 23.7 Å². The zero-order chi connectivity index (χ0) is 18.5. The maximum absolute atomic E-state index is 12.7. The molecule has 26 heavy (non-hydrogen) atoms. The Bertz CT molecular complexity index is 702. The number of quaternary nitrogens is 1.